The van der Waals surface area contributed by atoms with Crippen molar-refractivity contribution in [3.05, 3.63) is 33.8 Å². The van der Waals surface area contributed by atoms with Gasteiger partial charge in [0.25, 0.3) is 5.91 Å². The number of halogens is 2. The van der Waals surface area contributed by atoms with Crippen molar-refractivity contribution in [2.75, 3.05) is 26.2 Å². The Bertz CT molecular complexity index is 498. The molecule has 1 aromatic rings. The second-order valence-electron chi connectivity index (χ2n) is 4.03. The normalized spacial score (nSPS) is 18.4. The van der Waals surface area contributed by atoms with Crippen LogP contribution in [0.1, 0.15) is 10.4 Å². The molecule has 8 heteroatoms. The molecule has 0 saturated carbocycles. The van der Waals surface area contributed by atoms with Crippen LogP contribution in [0, 0.1) is 0 Å². The minimum atomic E-state index is -2.24. The Balaban J connectivity index is 2.12. The first-order chi connectivity index (χ1) is 9.00. The van der Waals surface area contributed by atoms with Crippen LogP contribution < -0.4 is 0 Å². The minimum absolute atomic E-state index is 0.266. The molecule has 0 N–H and O–H groups in total. The Kier molecular flexibility index (Phi) is 4.81. The van der Waals surface area contributed by atoms with Crippen LogP contribution in [0.2, 0.25) is 10.0 Å². The summed E-state index contributed by atoms with van der Waals surface area (Å²) in [5, 5.41) is 0.597. The molecule has 1 aromatic carbocycles. The predicted octanol–water partition coefficient (Wildman–Crippen LogP) is 1.55. The molecule has 1 heterocycles. The first-order valence-electron chi connectivity index (χ1n) is 5.58. The van der Waals surface area contributed by atoms with E-state index in [4.69, 9.17) is 23.2 Å². The van der Waals surface area contributed by atoms with Crippen LogP contribution in [0.25, 0.3) is 0 Å². The number of benzene rings is 1. The van der Waals surface area contributed by atoms with Gasteiger partial charge in [0.05, 0.1) is 15.6 Å². The van der Waals surface area contributed by atoms with Crippen LogP contribution in [0.3, 0.4) is 0 Å². The van der Waals surface area contributed by atoms with E-state index in [9.17, 15) is 13.6 Å². The summed E-state index contributed by atoms with van der Waals surface area (Å²) < 4.78 is 22.9. The highest BCUT2D eigenvalue weighted by Gasteiger charge is 2.25. The van der Waals surface area contributed by atoms with E-state index >= 15 is 0 Å². The Labute approximate surface area is 123 Å². The van der Waals surface area contributed by atoms with Crippen molar-refractivity contribution in [2.45, 2.75) is 0 Å². The van der Waals surface area contributed by atoms with Gasteiger partial charge in [0, 0.05) is 37.4 Å². The monoisotopic (exact) mass is 321 g/mol. The van der Waals surface area contributed by atoms with Gasteiger partial charge < -0.3 is 9.45 Å². The molecule has 5 nitrogen and oxygen atoms in total. The van der Waals surface area contributed by atoms with E-state index in [0.29, 0.717) is 23.1 Å². The van der Waals surface area contributed by atoms with Gasteiger partial charge in [-0.1, -0.05) is 29.3 Å². The molecule has 0 bridgehead atoms. The van der Waals surface area contributed by atoms with Crippen molar-refractivity contribution >= 4 is 40.4 Å². The number of rotatable bonds is 2. The summed E-state index contributed by atoms with van der Waals surface area (Å²) in [5.41, 5.74) is 0.266. The van der Waals surface area contributed by atoms with E-state index in [2.05, 4.69) is 0 Å². The number of hydrogen-bond acceptors (Lipinski definition) is 3. The number of carbonyl (C=O) groups is 1. The molecular formula is C11H11Cl2N2O3S-. The molecule has 1 atom stereocenters. The third-order valence-electron chi connectivity index (χ3n) is 2.91. The molecule has 2 rings (SSSR count). The maximum Gasteiger partial charge on any atom is 0.256 e. The second-order valence-corrected chi connectivity index (χ2v) is 5.80. The summed E-state index contributed by atoms with van der Waals surface area (Å²) in [4.78, 5) is 13.9. The zero-order valence-corrected chi connectivity index (χ0v) is 12.2. The molecule has 0 aliphatic carbocycles. The molecule has 19 heavy (non-hydrogen) atoms. The lowest BCUT2D eigenvalue weighted by Crippen LogP contribution is -2.49. The largest absolute Gasteiger partial charge is 0.760 e. The second kappa shape index (κ2) is 6.19. The van der Waals surface area contributed by atoms with Gasteiger partial charge in [-0.3, -0.25) is 9.00 Å². The van der Waals surface area contributed by atoms with Gasteiger partial charge >= 0.3 is 0 Å². The number of carbonyl (C=O) groups excluding carboxylic acids is 1. The van der Waals surface area contributed by atoms with Crippen LogP contribution in [-0.2, 0) is 11.3 Å². The molecule has 1 amide bonds. The molecular weight excluding hydrogens is 311 g/mol. The number of nitrogens with zero attached hydrogens (tertiary/aromatic N) is 2. The molecule has 0 aromatic heterocycles. The van der Waals surface area contributed by atoms with Crippen LogP contribution >= 0.6 is 23.2 Å². The standard InChI is InChI=1S/C11H12Cl2N2O3S/c12-8-2-1-3-9(13)10(8)11(16)14-4-6-15(7-5-14)19(17)18/h1-3H,4-7H2,(H,17,18)/p-1. The fourth-order valence-corrected chi connectivity index (χ4v) is 2.92. The summed E-state index contributed by atoms with van der Waals surface area (Å²) in [6.07, 6.45) is 0. The molecule has 1 aliphatic heterocycles. The number of hydrogen-bond donors (Lipinski definition) is 0. The average Bonchev–Trinajstić information content (AvgIpc) is 2.38. The van der Waals surface area contributed by atoms with Crippen molar-refractivity contribution in [2.24, 2.45) is 0 Å². The van der Waals surface area contributed by atoms with Crippen LogP contribution in [0.5, 0.6) is 0 Å². The van der Waals surface area contributed by atoms with E-state index in [1.807, 2.05) is 0 Å². The highest BCUT2D eigenvalue weighted by molar-refractivity contribution is 7.76. The fraction of sp³-hybridized carbons (Fsp3) is 0.364. The van der Waals surface area contributed by atoms with Crippen molar-refractivity contribution in [1.29, 1.82) is 0 Å². The van der Waals surface area contributed by atoms with Crippen molar-refractivity contribution in [1.82, 2.24) is 9.21 Å². The topological polar surface area (TPSA) is 63.7 Å². The van der Waals surface area contributed by atoms with Gasteiger partial charge in [0.1, 0.15) is 0 Å². The minimum Gasteiger partial charge on any atom is -0.760 e. The molecule has 104 valence electrons. The first-order valence-corrected chi connectivity index (χ1v) is 7.37. The van der Waals surface area contributed by atoms with E-state index in [-0.39, 0.29) is 24.6 Å². The molecule has 0 radical (unpaired) electrons. The summed E-state index contributed by atoms with van der Waals surface area (Å²) in [7, 11) is 0. The van der Waals surface area contributed by atoms with E-state index in [0.717, 1.165) is 0 Å². The summed E-state index contributed by atoms with van der Waals surface area (Å²) in [6.45, 7) is 1.22. The predicted molar refractivity (Wildman–Crippen MR) is 72.9 cm³/mol. The lowest BCUT2D eigenvalue weighted by Gasteiger charge is -2.35. The van der Waals surface area contributed by atoms with Crippen LogP contribution in [-0.4, -0.2) is 50.1 Å². The smallest absolute Gasteiger partial charge is 0.256 e. The Morgan fingerprint density at radius 3 is 2.16 bits per heavy atom. The Hall–Kier alpha value is -0.660. The van der Waals surface area contributed by atoms with Crippen molar-refractivity contribution in [3.63, 3.8) is 0 Å². The van der Waals surface area contributed by atoms with Gasteiger partial charge in [-0.15, -0.1) is 0 Å². The summed E-state index contributed by atoms with van der Waals surface area (Å²) in [6, 6.07) is 4.87. The number of amides is 1. The van der Waals surface area contributed by atoms with Crippen molar-refractivity contribution in [3.8, 4) is 0 Å². The van der Waals surface area contributed by atoms with Crippen molar-refractivity contribution < 1.29 is 13.6 Å². The molecule has 1 unspecified atom stereocenters. The zero-order chi connectivity index (χ0) is 14.0. The van der Waals surface area contributed by atoms with Crippen LogP contribution in [0.15, 0.2) is 18.2 Å². The lowest BCUT2D eigenvalue weighted by atomic mass is 10.2. The Morgan fingerprint density at radius 2 is 1.68 bits per heavy atom. The molecule has 1 aliphatic rings. The number of piperazine rings is 1. The zero-order valence-electron chi connectivity index (χ0n) is 9.84. The SMILES string of the molecule is O=C(c1c(Cl)cccc1Cl)N1CCN(S(=O)[O-])CC1. The first kappa shape index (κ1) is 14.7. The molecule has 1 fully saturated rings. The van der Waals surface area contributed by atoms with Gasteiger partial charge in [0.15, 0.2) is 0 Å². The summed E-state index contributed by atoms with van der Waals surface area (Å²) >= 11 is 9.72. The van der Waals surface area contributed by atoms with Crippen LogP contribution in [0.4, 0.5) is 0 Å². The molecule has 1 saturated heterocycles. The average molecular weight is 322 g/mol. The molecule has 0 spiro atoms. The van der Waals surface area contributed by atoms with E-state index < -0.39 is 11.3 Å². The maximum absolute atomic E-state index is 12.3. The fourth-order valence-electron chi connectivity index (χ4n) is 1.90. The highest BCUT2D eigenvalue weighted by Crippen LogP contribution is 2.26. The maximum atomic E-state index is 12.3. The summed E-state index contributed by atoms with van der Waals surface area (Å²) in [5.74, 6) is -0.271. The Morgan fingerprint density at radius 1 is 1.16 bits per heavy atom. The third-order valence-corrected chi connectivity index (χ3v) is 4.33. The quantitative estimate of drug-likeness (QED) is 0.776. The van der Waals surface area contributed by atoms with Gasteiger partial charge in [-0.05, 0) is 12.1 Å². The third kappa shape index (κ3) is 3.27. The highest BCUT2D eigenvalue weighted by atomic mass is 35.5. The van der Waals surface area contributed by atoms with Gasteiger partial charge in [-0.2, -0.15) is 0 Å². The van der Waals surface area contributed by atoms with E-state index in [1.54, 1.807) is 23.1 Å². The van der Waals surface area contributed by atoms with Gasteiger partial charge in [-0.25, -0.2) is 4.31 Å². The van der Waals surface area contributed by atoms with Gasteiger partial charge in [0.2, 0.25) is 0 Å². The van der Waals surface area contributed by atoms with E-state index in [1.165, 1.54) is 4.31 Å². The lowest BCUT2D eigenvalue weighted by molar-refractivity contribution is 0.0697.